The van der Waals surface area contributed by atoms with Crippen LogP contribution in [0, 0.1) is 0 Å². The molecule has 0 aliphatic carbocycles. The maximum absolute atomic E-state index is 12.2. The molecule has 0 spiro atoms. The molecule has 1 unspecified atom stereocenters. The van der Waals surface area contributed by atoms with Gasteiger partial charge in [0.2, 0.25) is 10.1 Å². The van der Waals surface area contributed by atoms with Crippen LogP contribution in [-0.2, 0) is 4.74 Å². The molecule has 0 saturated carbocycles. The van der Waals surface area contributed by atoms with Crippen molar-refractivity contribution in [3.05, 3.63) is 5.01 Å². The minimum absolute atomic E-state index is 0.0213. The highest BCUT2D eigenvalue weighted by atomic mass is 32.1. The summed E-state index contributed by atoms with van der Waals surface area (Å²) >= 11 is 1.11. The molecule has 1 aromatic rings. The van der Waals surface area contributed by atoms with Gasteiger partial charge in [0.25, 0.3) is 5.91 Å². The average molecular weight is 256 g/mol. The van der Waals surface area contributed by atoms with E-state index in [1.165, 1.54) is 0 Å². The lowest BCUT2D eigenvalue weighted by Gasteiger charge is -2.41. The second-order valence-electron chi connectivity index (χ2n) is 4.82. The number of hydrogen-bond donors (Lipinski definition) is 1. The van der Waals surface area contributed by atoms with Gasteiger partial charge in [-0.1, -0.05) is 11.3 Å². The zero-order valence-corrected chi connectivity index (χ0v) is 11.0. The normalized spacial score (nSPS) is 23.7. The standard InChI is InChI=1S/C10H16N4O2S/c1-6-4-14(5-10(2,3)16-6)8(15)7-12-13-9(11)17-7/h6H,4-5H2,1-3H3,(H2,11,13). The number of carbonyl (C=O) groups excluding carboxylic acids is 1. The zero-order valence-electron chi connectivity index (χ0n) is 10.1. The third-order valence-corrected chi connectivity index (χ3v) is 3.22. The molecule has 94 valence electrons. The van der Waals surface area contributed by atoms with Gasteiger partial charge in [-0.2, -0.15) is 0 Å². The number of carbonyl (C=O) groups is 1. The lowest BCUT2D eigenvalue weighted by molar-refractivity contribution is -0.118. The van der Waals surface area contributed by atoms with Crippen LogP contribution in [0.2, 0.25) is 0 Å². The Kier molecular flexibility index (Phi) is 3.05. The van der Waals surface area contributed by atoms with Crippen molar-refractivity contribution in [1.82, 2.24) is 15.1 Å². The van der Waals surface area contributed by atoms with Crippen LogP contribution in [0.15, 0.2) is 0 Å². The first-order valence-corrected chi connectivity index (χ1v) is 6.25. The van der Waals surface area contributed by atoms with E-state index in [0.717, 1.165) is 11.3 Å². The summed E-state index contributed by atoms with van der Waals surface area (Å²) in [7, 11) is 0. The van der Waals surface area contributed by atoms with Crippen molar-refractivity contribution in [2.45, 2.75) is 32.5 Å². The van der Waals surface area contributed by atoms with E-state index in [9.17, 15) is 4.79 Å². The number of hydrogen-bond acceptors (Lipinski definition) is 6. The highest BCUT2D eigenvalue weighted by molar-refractivity contribution is 7.16. The van der Waals surface area contributed by atoms with Gasteiger partial charge in [0, 0.05) is 13.1 Å². The van der Waals surface area contributed by atoms with Crippen LogP contribution in [0.3, 0.4) is 0 Å². The predicted octanol–water partition coefficient (Wildman–Crippen LogP) is 0.760. The summed E-state index contributed by atoms with van der Waals surface area (Å²) < 4.78 is 5.74. The third-order valence-electron chi connectivity index (χ3n) is 2.48. The van der Waals surface area contributed by atoms with Gasteiger partial charge in [-0.15, -0.1) is 10.2 Å². The van der Waals surface area contributed by atoms with Crippen LogP contribution in [0.1, 0.15) is 30.6 Å². The number of aromatic nitrogens is 2. The number of nitrogens with two attached hydrogens (primary N) is 1. The molecule has 0 bridgehead atoms. The van der Waals surface area contributed by atoms with Crippen LogP contribution in [0.4, 0.5) is 5.13 Å². The third kappa shape index (κ3) is 2.73. The van der Waals surface area contributed by atoms with E-state index >= 15 is 0 Å². The Morgan fingerprint density at radius 2 is 2.29 bits per heavy atom. The molecule has 1 aliphatic rings. The molecule has 0 radical (unpaired) electrons. The van der Waals surface area contributed by atoms with E-state index in [1.807, 2.05) is 20.8 Å². The van der Waals surface area contributed by atoms with E-state index < -0.39 is 0 Å². The molecule has 1 aliphatic heterocycles. The van der Waals surface area contributed by atoms with Crippen molar-refractivity contribution in [3.8, 4) is 0 Å². The Morgan fingerprint density at radius 1 is 1.59 bits per heavy atom. The Morgan fingerprint density at radius 3 is 2.82 bits per heavy atom. The molecular weight excluding hydrogens is 240 g/mol. The van der Waals surface area contributed by atoms with Crippen LogP contribution in [-0.4, -0.2) is 45.8 Å². The fourth-order valence-corrected chi connectivity index (χ4v) is 2.64. The lowest BCUT2D eigenvalue weighted by Crippen LogP contribution is -2.53. The minimum Gasteiger partial charge on any atom is -0.374 e. The molecule has 1 saturated heterocycles. The molecule has 0 aromatic carbocycles. The van der Waals surface area contributed by atoms with Crippen molar-refractivity contribution in [2.24, 2.45) is 0 Å². The van der Waals surface area contributed by atoms with Gasteiger partial charge < -0.3 is 15.4 Å². The second kappa shape index (κ2) is 4.23. The van der Waals surface area contributed by atoms with Gasteiger partial charge in [0.15, 0.2) is 0 Å². The van der Waals surface area contributed by atoms with Crippen LogP contribution in [0.25, 0.3) is 0 Å². The number of morpholine rings is 1. The minimum atomic E-state index is -0.330. The fraction of sp³-hybridized carbons (Fsp3) is 0.700. The first kappa shape index (κ1) is 12.3. The number of nitrogen functional groups attached to an aromatic ring is 1. The largest absolute Gasteiger partial charge is 0.374 e. The van der Waals surface area contributed by atoms with Crippen LogP contribution in [0.5, 0.6) is 0 Å². The van der Waals surface area contributed by atoms with E-state index in [0.29, 0.717) is 23.2 Å². The molecule has 1 fully saturated rings. The lowest BCUT2D eigenvalue weighted by atomic mass is 10.1. The Balaban J connectivity index is 2.14. The van der Waals surface area contributed by atoms with Gasteiger partial charge in [0.05, 0.1) is 11.7 Å². The summed E-state index contributed by atoms with van der Waals surface area (Å²) in [6, 6.07) is 0. The molecule has 7 heteroatoms. The Hall–Kier alpha value is -1.21. The maximum Gasteiger partial charge on any atom is 0.285 e. The topological polar surface area (TPSA) is 81.3 Å². The SMILES string of the molecule is CC1CN(C(=O)c2nnc(N)s2)CC(C)(C)O1. The summed E-state index contributed by atoms with van der Waals surface area (Å²) in [4.78, 5) is 13.9. The summed E-state index contributed by atoms with van der Waals surface area (Å²) in [6.45, 7) is 7.02. The quantitative estimate of drug-likeness (QED) is 0.802. The summed E-state index contributed by atoms with van der Waals surface area (Å²) in [5.74, 6) is -0.123. The van der Waals surface area contributed by atoms with Crippen molar-refractivity contribution in [1.29, 1.82) is 0 Å². The van der Waals surface area contributed by atoms with Crippen molar-refractivity contribution >= 4 is 22.4 Å². The van der Waals surface area contributed by atoms with E-state index in [-0.39, 0.29) is 17.6 Å². The van der Waals surface area contributed by atoms with Crippen molar-refractivity contribution < 1.29 is 9.53 Å². The second-order valence-corrected chi connectivity index (χ2v) is 5.83. The zero-order chi connectivity index (χ0) is 12.6. The highest BCUT2D eigenvalue weighted by Gasteiger charge is 2.35. The van der Waals surface area contributed by atoms with Gasteiger partial charge in [-0.3, -0.25) is 4.79 Å². The molecule has 1 amide bonds. The van der Waals surface area contributed by atoms with Gasteiger partial charge in [0.1, 0.15) is 0 Å². The first-order chi connectivity index (χ1) is 7.87. The Labute approximate surface area is 104 Å². The van der Waals surface area contributed by atoms with Crippen molar-refractivity contribution in [3.63, 3.8) is 0 Å². The van der Waals surface area contributed by atoms with Crippen LogP contribution < -0.4 is 5.73 Å². The number of amides is 1. The highest BCUT2D eigenvalue weighted by Crippen LogP contribution is 2.23. The average Bonchev–Trinajstić information content (AvgIpc) is 2.60. The number of ether oxygens (including phenoxy) is 1. The van der Waals surface area contributed by atoms with Gasteiger partial charge in [-0.25, -0.2) is 0 Å². The summed E-state index contributed by atoms with van der Waals surface area (Å²) in [6.07, 6.45) is 0.0213. The number of nitrogens with zero attached hydrogens (tertiary/aromatic N) is 3. The maximum atomic E-state index is 12.2. The monoisotopic (exact) mass is 256 g/mol. The van der Waals surface area contributed by atoms with E-state index in [2.05, 4.69) is 10.2 Å². The predicted molar refractivity (Wildman–Crippen MR) is 64.9 cm³/mol. The van der Waals surface area contributed by atoms with Crippen LogP contribution >= 0.6 is 11.3 Å². The summed E-state index contributed by atoms with van der Waals surface area (Å²) in [5.41, 5.74) is 5.15. The number of anilines is 1. The smallest absolute Gasteiger partial charge is 0.285 e. The fourth-order valence-electron chi connectivity index (χ4n) is 2.06. The van der Waals surface area contributed by atoms with Gasteiger partial charge in [-0.05, 0) is 20.8 Å². The molecule has 2 N–H and O–H groups in total. The first-order valence-electron chi connectivity index (χ1n) is 5.43. The summed E-state index contributed by atoms with van der Waals surface area (Å²) in [5, 5.41) is 8.08. The molecular formula is C10H16N4O2S. The number of rotatable bonds is 1. The molecule has 1 aromatic heterocycles. The van der Waals surface area contributed by atoms with E-state index in [4.69, 9.17) is 10.5 Å². The molecule has 17 heavy (non-hydrogen) atoms. The molecule has 1 atom stereocenters. The molecule has 2 heterocycles. The van der Waals surface area contributed by atoms with E-state index in [1.54, 1.807) is 4.90 Å². The Bertz CT molecular complexity index is 432. The van der Waals surface area contributed by atoms with Crippen molar-refractivity contribution in [2.75, 3.05) is 18.8 Å². The molecule has 6 nitrogen and oxygen atoms in total. The van der Waals surface area contributed by atoms with Gasteiger partial charge >= 0.3 is 0 Å². The molecule has 2 rings (SSSR count).